The zero-order valence-corrected chi connectivity index (χ0v) is 32.2. The molecule has 0 saturated heterocycles. The lowest BCUT2D eigenvalue weighted by molar-refractivity contribution is 0.254. The van der Waals surface area contributed by atoms with Crippen LogP contribution in [0.2, 0.25) is 0 Å². The van der Waals surface area contributed by atoms with Gasteiger partial charge in [0.25, 0.3) is 0 Å². The van der Waals surface area contributed by atoms with Crippen molar-refractivity contribution in [1.29, 1.82) is 0 Å². The number of allylic oxidation sites excluding steroid dienone is 4. The van der Waals surface area contributed by atoms with Crippen LogP contribution < -0.4 is 0 Å². The Kier molecular flexibility index (Phi) is 17.4. The summed E-state index contributed by atoms with van der Waals surface area (Å²) in [5.41, 5.74) is 2.38. The maximum absolute atomic E-state index is 3.21. The van der Waals surface area contributed by atoms with E-state index in [4.69, 9.17) is 0 Å². The van der Waals surface area contributed by atoms with E-state index in [1.165, 1.54) is 6.42 Å². The molecule has 0 aromatic rings. The van der Waals surface area contributed by atoms with Crippen molar-refractivity contribution in [3.8, 4) is 11.8 Å². The predicted octanol–water partition coefficient (Wildman–Crippen LogP) is 13.7. The molecule has 0 N–H and O–H groups in total. The molecular formula is C40H78. The van der Waals surface area contributed by atoms with Crippen LogP contribution in [0.4, 0.5) is 0 Å². The highest BCUT2D eigenvalue weighted by atomic mass is 14.5. The van der Waals surface area contributed by atoms with Crippen molar-refractivity contribution in [3.63, 3.8) is 0 Å². The molecule has 238 valence electrons. The standard InChI is InChI=1S/C11H22.C10H20.C10H18.C9H18/c1-10(2,3)8-7-9(8)11(4,5)6;2*1-9(2,3)7-8-10(4,5)6;1-8(2)6-7-9(3,4)5/h8-9H,7H2,1-6H3;7-8H,1-6H3;1-6H3;6-8H,1-5H3/b;8-7-;;7-6+. The molecule has 1 aliphatic rings. The Morgan fingerprint density at radius 1 is 0.450 bits per heavy atom. The zero-order chi connectivity index (χ0) is 33.2. The quantitative estimate of drug-likeness (QED) is 0.222. The summed E-state index contributed by atoms with van der Waals surface area (Å²) in [4.78, 5) is 0. The van der Waals surface area contributed by atoms with Gasteiger partial charge in [-0.1, -0.05) is 154 Å². The normalized spacial score (nSPS) is 18.6. The first-order valence-corrected chi connectivity index (χ1v) is 16.0. The molecule has 1 rings (SSSR count). The van der Waals surface area contributed by atoms with Crippen LogP contribution in [0.5, 0.6) is 0 Å². The third kappa shape index (κ3) is 35.1. The summed E-state index contributed by atoms with van der Waals surface area (Å²) >= 11 is 0. The van der Waals surface area contributed by atoms with E-state index in [1.807, 2.05) is 0 Å². The molecule has 0 amide bonds. The van der Waals surface area contributed by atoms with Gasteiger partial charge in [0, 0.05) is 10.8 Å². The van der Waals surface area contributed by atoms with Gasteiger partial charge in [-0.15, -0.1) is 0 Å². The second-order valence-electron chi connectivity index (χ2n) is 20.0. The highest BCUT2D eigenvalue weighted by molar-refractivity contribution is 5.12. The van der Waals surface area contributed by atoms with Crippen LogP contribution >= 0.6 is 0 Å². The summed E-state index contributed by atoms with van der Waals surface area (Å²) in [5, 5.41) is 0. The summed E-state index contributed by atoms with van der Waals surface area (Å²) < 4.78 is 0. The highest BCUT2D eigenvalue weighted by Crippen LogP contribution is 2.58. The predicted molar refractivity (Wildman–Crippen MR) is 189 cm³/mol. The van der Waals surface area contributed by atoms with Gasteiger partial charge in [-0.05, 0) is 92.8 Å². The SMILES string of the molecule is CC(C)(C)/C=C\C(C)(C)C.CC(C)(C)C#CC(C)(C)C.CC(C)(C)C1CC1C(C)(C)C.CC(C)/C=C/C(C)(C)C. The largest absolute Gasteiger partial charge is 0.0968 e. The lowest BCUT2D eigenvalue weighted by Gasteiger charge is -2.24. The van der Waals surface area contributed by atoms with Crippen molar-refractivity contribution in [2.24, 2.45) is 55.7 Å². The van der Waals surface area contributed by atoms with Crippen molar-refractivity contribution < 1.29 is 0 Å². The molecule has 1 aliphatic carbocycles. The van der Waals surface area contributed by atoms with Gasteiger partial charge < -0.3 is 0 Å². The molecule has 0 aromatic heterocycles. The Morgan fingerprint density at radius 2 is 0.700 bits per heavy atom. The van der Waals surface area contributed by atoms with Gasteiger partial charge in [0.2, 0.25) is 0 Å². The van der Waals surface area contributed by atoms with Crippen molar-refractivity contribution >= 4 is 0 Å². The molecule has 0 spiro atoms. The lowest BCUT2D eigenvalue weighted by atomic mass is 9.81. The molecular weight excluding hydrogens is 480 g/mol. The van der Waals surface area contributed by atoms with Crippen LogP contribution in [-0.4, -0.2) is 0 Å². The minimum absolute atomic E-state index is 0.146. The van der Waals surface area contributed by atoms with E-state index in [9.17, 15) is 0 Å². The van der Waals surface area contributed by atoms with Gasteiger partial charge in [-0.3, -0.25) is 0 Å². The molecule has 0 heteroatoms. The third-order valence-electron chi connectivity index (χ3n) is 5.89. The Balaban J connectivity index is -0.000000458. The minimum Gasteiger partial charge on any atom is -0.0968 e. The fourth-order valence-electron chi connectivity index (χ4n) is 3.47. The maximum Gasteiger partial charge on any atom is 0.0230 e. The van der Waals surface area contributed by atoms with E-state index in [0.717, 1.165) is 11.8 Å². The minimum atomic E-state index is 0.146. The van der Waals surface area contributed by atoms with Gasteiger partial charge in [0.15, 0.2) is 0 Å². The van der Waals surface area contributed by atoms with Gasteiger partial charge in [-0.2, -0.15) is 0 Å². The maximum atomic E-state index is 3.21. The molecule has 2 atom stereocenters. The second-order valence-corrected chi connectivity index (χ2v) is 20.0. The van der Waals surface area contributed by atoms with Crippen LogP contribution in [0.3, 0.4) is 0 Å². The van der Waals surface area contributed by atoms with E-state index >= 15 is 0 Å². The Bertz CT molecular complexity index is 730. The summed E-state index contributed by atoms with van der Waals surface area (Å²) in [6.45, 7) is 51.3. The molecule has 0 nitrogen and oxygen atoms in total. The molecule has 0 aromatic carbocycles. The molecule has 0 radical (unpaired) electrons. The number of hydrogen-bond acceptors (Lipinski definition) is 0. The first kappa shape index (κ1) is 43.5. The Morgan fingerprint density at radius 3 is 0.800 bits per heavy atom. The Labute approximate surface area is 257 Å². The van der Waals surface area contributed by atoms with Crippen LogP contribution in [0.25, 0.3) is 0 Å². The number of hydrogen-bond donors (Lipinski definition) is 0. The van der Waals surface area contributed by atoms with Crippen LogP contribution in [0.1, 0.15) is 166 Å². The number of rotatable bonds is 1. The van der Waals surface area contributed by atoms with Crippen molar-refractivity contribution in [2.75, 3.05) is 0 Å². The highest BCUT2D eigenvalue weighted by Gasteiger charge is 2.50. The summed E-state index contributed by atoms with van der Waals surface area (Å²) in [6.07, 6.45) is 10.5. The molecule has 40 heavy (non-hydrogen) atoms. The summed E-state index contributed by atoms with van der Waals surface area (Å²) in [7, 11) is 0. The fraction of sp³-hybridized carbons (Fsp3) is 0.850. The molecule has 0 heterocycles. The molecule has 0 aliphatic heterocycles. The second kappa shape index (κ2) is 16.0. The summed E-state index contributed by atoms with van der Waals surface area (Å²) in [5.74, 6) is 9.06. The van der Waals surface area contributed by atoms with Gasteiger partial charge in [0.1, 0.15) is 0 Å². The van der Waals surface area contributed by atoms with Gasteiger partial charge in [0.05, 0.1) is 0 Å². The average molecular weight is 559 g/mol. The van der Waals surface area contributed by atoms with Crippen LogP contribution in [0, 0.1) is 67.5 Å². The van der Waals surface area contributed by atoms with E-state index in [1.54, 1.807) is 0 Å². The smallest absolute Gasteiger partial charge is 0.0230 e. The zero-order valence-electron chi connectivity index (χ0n) is 32.2. The van der Waals surface area contributed by atoms with E-state index < -0.39 is 0 Å². The average Bonchev–Trinajstić information content (AvgIpc) is 3.44. The molecule has 2 unspecified atom stereocenters. The fourth-order valence-corrected chi connectivity index (χ4v) is 3.47. The van der Waals surface area contributed by atoms with E-state index in [2.05, 4.69) is 195 Å². The third-order valence-corrected chi connectivity index (χ3v) is 5.89. The molecule has 1 saturated carbocycles. The van der Waals surface area contributed by atoms with Crippen LogP contribution in [-0.2, 0) is 0 Å². The van der Waals surface area contributed by atoms with Crippen molar-refractivity contribution in [1.82, 2.24) is 0 Å². The van der Waals surface area contributed by atoms with E-state index in [-0.39, 0.29) is 10.8 Å². The molecule has 0 bridgehead atoms. The van der Waals surface area contributed by atoms with E-state index in [0.29, 0.717) is 33.0 Å². The first-order valence-electron chi connectivity index (χ1n) is 16.0. The lowest BCUT2D eigenvalue weighted by Crippen LogP contribution is -2.16. The van der Waals surface area contributed by atoms with Gasteiger partial charge >= 0.3 is 0 Å². The first-order chi connectivity index (χ1) is 17.1. The van der Waals surface area contributed by atoms with Gasteiger partial charge in [-0.25, -0.2) is 0 Å². The van der Waals surface area contributed by atoms with Crippen LogP contribution in [0.15, 0.2) is 24.3 Å². The topological polar surface area (TPSA) is 0 Å². The monoisotopic (exact) mass is 559 g/mol. The summed E-state index contributed by atoms with van der Waals surface area (Å²) in [6, 6.07) is 0. The molecule has 1 fully saturated rings. The Hall–Kier alpha value is -0.960. The van der Waals surface area contributed by atoms with Crippen molar-refractivity contribution in [3.05, 3.63) is 24.3 Å². The van der Waals surface area contributed by atoms with Crippen molar-refractivity contribution in [2.45, 2.75) is 166 Å².